The molecule has 0 saturated heterocycles. The van der Waals surface area contributed by atoms with E-state index in [1.54, 1.807) is 6.08 Å². The highest BCUT2D eigenvalue weighted by Gasteiger charge is 1.87. The number of rotatable bonds is 5. The molecule has 0 fully saturated rings. The van der Waals surface area contributed by atoms with Gasteiger partial charge in [-0.3, -0.25) is 0 Å². The third-order valence-electron chi connectivity index (χ3n) is 1.41. The van der Waals surface area contributed by atoms with Crippen molar-refractivity contribution in [3.63, 3.8) is 0 Å². The molecule has 0 rings (SSSR count). The zero-order valence-electron chi connectivity index (χ0n) is 7.59. The molecule has 0 spiro atoms. The standard InChI is InChI=1S/C11H15N/c1-3-7-11(8-4-2)9-5-6-10-12/h3,5,7,9H,1,4,6,8H2,2H3/b9-5-,11-7-. The lowest BCUT2D eigenvalue weighted by atomic mass is 10.1. The lowest BCUT2D eigenvalue weighted by molar-refractivity contribution is 0.925. The minimum absolute atomic E-state index is 0.484. The second kappa shape index (κ2) is 7.81. The van der Waals surface area contributed by atoms with Gasteiger partial charge in [-0.15, -0.1) is 0 Å². The van der Waals surface area contributed by atoms with Crippen LogP contribution in [0.25, 0.3) is 0 Å². The van der Waals surface area contributed by atoms with Crippen LogP contribution in [0.1, 0.15) is 26.2 Å². The summed E-state index contributed by atoms with van der Waals surface area (Å²) >= 11 is 0. The predicted octanol–water partition coefficient (Wildman–Crippen LogP) is 3.37. The lowest BCUT2D eigenvalue weighted by Crippen LogP contribution is -1.76. The number of nitriles is 1. The fraction of sp³-hybridized carbons (Fsp3) is 0.364. The van der Waals surface area contributed by atoms with Gasteiger partial charge < -0.3 is 0 Å². The molecule has 0 N–H and O–H groups in total. The fourth-order valence-corrected chi connectivity index (χ4v) is 0.925. The highest BCUT2D eigenvalue weighted by Crippen LogP contribution is 2.06. The van der Waals surface area contributed by atoms with E-state index in [1.165, 1.54) is 5.57 Å². The Morgan fingerprint density at radius 1 is 1.58 bits per heavy atom. The summed E-state index contributed by atoms with van der Waals surface area (Å²) in [7, 11) is 0. The lowest BCUT2D eigenvalue weighted by Gasteiger charge is -1.95. The molecule has 1 heteroatoms. The number of hydrogen-bond acceptors (Lipinski definition) is 1. The summed E-state index contributed by atoms with van der Waals surface area (Å²) < 4.78 is 0. The van der Waals surface area contributed by atoms with Gasteiger partial charge in [0.05, 0.1) is 12.5 Å². The van der Waals surface area contributed by atoms with Gasteiger partial charge in [-0.05, 0) is 12.0 Å². The maximum atomic E-state index is 8.30. The van der Waals surface area contributed by atoms with Crippen LogP contribution < -0.4 is 0 Å². The molecule has 0 radical (unpaired) electrons. The molecular formula is C11H15N. The van der Waals surface area contributed by atoms with Crippen molar-refractivity contribution in [2.75, 3.05) is 0 Å². The van der Waals surface area contributed by atoms with Crippen molar-refractivity contribution in [3.8, 4) is 6.07 Å². The van der Waals surface area contributed by atoms with Gasteiger partial charge in [0.2, 0.25) is 0 Å². The molecule has 0 bridgehead atoms. The summed E-state index contributed by atoms with van der Waals surface area (Å²) in [6, 6.07) is 2.07. The first-order chi connectivity index (χ1) is 5.85. The molecule has 0 aromatic rings. The summed E-state index contributed by atoms with van der Waals surface area (Å²) in [5, 5.41) is 8.30. The molecule has 0 amide bonds. The van der Waals surface area contributed by atoms with Crippen molar-refractivity contribution in [2.24, 2.45) is 0 Å². The first-order valence-electron chi connectivity index (χ1n) is 4.20. The van der Waals surface area contributed by atoms with Crippen LogP contribution in [-0.4, -0.2) is 0 Å². The number of allylic oxidation sites excluding steroid dienone is 5. The van der Waals surface area contributed by atoms with Gasteiger partial charge in [-0.1, -0.05) is 44.2 Å². The molecule has 0 heterocycles. The molecule has 0 aromatic heterocycles. The summed E-state index contributed by atoms with van der Waals surface area (Å²) in [6.07, 6.45) is 10.3. The summed E-state index contributed by atoms with van der Waals surface area (Å²) in [6.45, 7) is 5.77. The maximum absolute atomic E-state index is 8.30. The van der Waals surface area contributed by atoms with Crippen LogP contribution in [0, 0.1) is 11.3 Å². The van der Waals surface area contributed by atoms with E-state index in [-0.39, 0.29) is 0 Å². The van der Waals surface area contributed by atoms with E-state index < -0.39 is 0 Å². The fourth-order valence-electron chi connectivity index (χ4n) is 0.925. The third-order valence-corrected chi connectivity index (χ3v) is 1.41. The molecule has 0 unspecified atom stereocenters. The van der Waals surface area contributed by atoms with Gasteiger partial charge in [-0.2, -0.15) is 5.26 Å². The predicted molar refractivity (Wildman–Crippen MR) is 52.6 cm³/mol. The molecule has 0 aromatic carbocycles. The molecule has 0 aliphatic rings. The van der Waals surface area contributed by atoms with E-state index in [0.717, 1.165) is 12.8 Å². The number of nitrogens with zero attached hydrogens (tertiary/aromatic N) is 1. The molecule has 12 heavy (non-hydrogen) atoms. The Morgan fingerprint density at radius 3 is 2.83 bits per heavy atom. The van der Waals surface area contributed by atoms with Gasteiger partial charge in [0.1, 0.15) is 0 Å². The Morgan fingerprint density at radius 2 is 2.33 bits per heavy atom. The van der Waals surface area contributed by atoms with E-state index in [9.17, 15) is 0 Å². The van der Waals surface area contributed by atoms with Crippen LogP contribution in [0.5, 0.6) is 0 Å². The molecule has 0 atom stereocenters. The third kappa shape index (κ3) is 5.49. The summed E-state index contributed by atoms with van der Waals surface area (Å²) in [5.74, 6) is 0. The van der Waals surface area contributed by atoms with Crippen LogP contribution in [0.15, 0.2) is 36.5 Å². The Bertz CT molecular complexity index is 216. The molecule has 1 nitrogen and oxygen atoms in total. The smallest absolute Gasteiger partial charge is 0.0663 e. The SMILES string of the molecule is C=C/C=C(\C=C/CC#N)CCC. The molecular weight excluding hydrogens is 146 g/mol. The topological polar surface area (TPSA) is 23.8 Å². The monoisotopic (exact) mass is 161 g/mol. The van der Waals surface area contributed by atoms with Crippen molar-refractivity contribution in [2.45, 2.75) is 26.2 Å². The Hall–Kier alpha value is -1.29. The van der Waals surface area contributed by atoms with E-state index in [4.69, 9.17) is 5.26 Å². The highest BCUT2D eigenvalue weighted by atomic mass is 14.2. The minimum atomic E-state index is 0.484. The van der Waals surface area contributed by atoms with Gasteiger partial charge in [0.15, 0.2) is 0 Å². The molecule has 0 saturated carbocycles. The second-order valence-electron chi connectivity index (χ2n) is 2.49. The molecule has 0 aliphatic carbocycles. The summed E-state index contributed by atoms with van der Waals surface area (Å²) in [4.78, 5) is 0. The van der Waals surface area contributed by atoms with Crippen LogP contribution in [0.3, 0.4) is 0 Å². The Balaban J connectivity index is 4.05. The van der Waals surface area contributed by atoms with Crippen LogP contribution in [-0.2, 0) is 0 Å². The van der Waals surface area contributed by atoms with E-state index in [0.29, 0.717) is 6.42 Å². The largest absolute Gasteiger partial charge is 0.198 e. The average Bonchev–Trinajstić information content (AvgIpc) is 2.06. The van der Waals surface area contributed by atoms with Crippen molar-refractivity contribution >= 4 is 0 Å². The van der Waals surface area contributed by atoms with Crippen LogP contribution in [0.2, 0.25) is 0 Å². The first-order valence-corrected chi connectivity index (χ1v) is 4.20. The minimum Gasteiger partial charge on any atom is -0.198 e. The normalized spacial score (nSPS) is 11.5. The van der Waals surface area contributed by atoms with Crippen molar-refractivity contribution in [1.82, 2.24) is 0 Å². The van der Waals surface area contributed by atoms with Crippen LogP contribution >= 0.6 is 0 Å². The first kappa shape index (κ1) is 10.7. The van der Waals surface area contributed by atoms with Gasteiger partial charge in [-0.25, -0.2) is 0 Å². The van der Waals surface area contributed by atoms with Gasteiger partial charge >= 0.3 is 0 Å². The van der Waals surface area contributed by atoms with E-state index >= 15 is 0 Å². The van der Waals surface area contributed by atoms with Gasteiger partial charge in [0, 0.05) is 0 Å². The average molecular weight is 161 g/mol. The highest BCUT2D eigenvalue weighted by molar-refractivity contribution is 5.23. The second-order valence-corrected chi connectivity index (χ2v) is 2.49. The zero-order chi connectivity index (χ0) is 9.23. The van der Waals surface area contributed by atoms with E-state index in [2.05, 4.69) is 19.6 Å². The Kier molecular flexibility index (Phi) is 6.97. The molecule has 64 valence electrons. The van der Waals surface area contributed by atoms with E-state index in [1.807, 2.05) is 18.2 Å². The van der Waals surface area contributed by atoms with Crippen LogP contribution in [0.4, 0.5) is 0 Å². The Labute approximate surface area is 74.7 Å². The quantitative estimate of drug-likeness (QED) is 0.567. The van der Waals surface area contributed by atoms with Crippen molar-refractivity contribution < 1.29 is 0 Å². The number of hydrogen-bond donors (Lipinski definition) is 0. The molecule has 0 aliphatic heterocycles. The van der Waals surface area contributed by atoms with Crippen molar-refractivity contribution in [1.29, 1.82) is 5.26 Å². The van der Waals surface area contributed by atoms with Gasteiger partial charge in [0.25, 0.3) is 0 Å². The van der Waals surface area contributed by atoms with Crippen molar-refractivity contribution in [3.05, 3.63) is 36.5 Å². The maximum Gasteiger partial charge on any atom is 0.0663 e. The summed E-state index contributed by atoms with van der Waals surface area (Å²) in [5.41, 5.74) is 1.24. The zero-order valence-corrected chi connectivity index (χ0v) is 7.59.